The lowest BCUT2D eigenvalue weighted by molar-refractivity contribution is -0.150. The van der Waals surface area contributed by atoms with Crippen molar-refractivity contribution in [3.8, 4) is 0 Å². The molecular weight excluding hydrogens is 456 g/mol. The first-order valence-electron chi connectivity index (χ1n) is 10.6. The summed E-state index contributed by atoms with van der Waals surface area (Å²) < 4.78 is 37.5. The fourth-order valence-corrected chi connectivity index (χ4v) is 4.00. The van der Waals surface area contributed by atoms with Crippen molar-refractivity contribution in [1.82, 2.24) is 10.0 Å². The maximum Gasteiger partial charge on any atom is 0.331 e. The molecule has 8 nitrogen and oxygen atoms in total. The summed E-state index contributed by atoms with van der Waals surface area (Å²) in [6.07, 6.45) is 3.15. The number of ether oxygens (including phenoxy) is 1. The average Bonchev–Trinajstić information content (AvgIpc) is 3.36. The SMILES string of the molecule is CC(OC(=O)/C=C/c1ccc(S(=O)(=O)NCc2ccco2)cc1)C(=O)NC(C)c1ccccc1. The standard InChI is InChI=1S/C25H26N2O6S/c1-18(21-7-4-3-5-8-21)27-25(29)19(2)33-24(28)15-12-20-10-13-23(14-11-20)34(30,31)26-17-22-9-6-16-32-22/h3-16,18-19,26H,17H2,1-2H3,(H,27,29)/b15-12+. The Morgan fingerprint density at radius 2 is 1.71 bits per heavy atom. The number of nitrogens with one attached hydrogen (secondary N) is 2. The monoisotopic (exact) mass is 482 g/mol. The largest absolute Gasteiger partial charge is 0.468 e. The van der Waals surface area contributed by atoms with Gasteiger partial charge in [-0.3, -0.25) is 4.79 Å². The Bertz CT molecular complexity index is 1220. The number of sulfonamides is 1. The molecule has 0 aliphatic rings. The number of carbonyl (C=O) groups excluding carboxylic acids is 2. The Morgan fingerprint density at radius 3 is 2.35 bits per heavy atom. The highest BCUT2D eigenvalue weighted by atomic mass is 32.2. The van der Waals surface area contributed by atoms with E-state index < -0.39 is 28.0 Å². The number of rotatable bonds is 10. The number of carbonyl (C=O) groups is 2. The van der Waals surface area contributed by atoms with Crippen molar-refractivity contribution in [2.75, 3.05) is 0 Å². The molecule has 1 amide bonds. The van der Waals surface area contributed by atoms with Crippen molar-refractivity contribution in [3.05, 3.63) is 96.0 Å². The molecule has 0 spiro atoms. The zero-order chi connectivity index (χ0) is 24.6. The number of amides is 1. The van der Waals surface area contributed by atoms with E-state index in [-0.39, 0.29) is 17.5 Å². The number of hydrogen-bond donors (Lipinski definition) is 2. The van der Waals surface area contributed by atoms with E-state index in [0.717, 1.165) is 5.56 Å². The molecule has 0 saturated heterocycles. The van der Waals surface area contributed by atoms with Crippen molar-refractivity contribution >= 4 is 28.0 Å². The number of esters is 1. The predicted octanol–water partition coefficient (Wildman–Crippen LogP) is 3.58. The van der Waals surface area contributed by atoms with E-state index in [1.54, 1.807) is 24.3 Å². The van der Waals surface area contributed by atoms with E-state index >= 15 is 0 Å². The number of hydrogen-bond acceptors (Lipinski definition) is 6. The van der Waals surface area contributed by atoms with Gasteiger partial charge in [-0.25, -0.2) is 17.9 Å². The quantitative estimate of drug-likeness (QED) is 0.337. The fourth-order valence-electron chi connectivity index (χ4n) is 3.01. The van der Waals surface area contributed by atoms with E-state index in [0.29, 0.717) is 11.3 Å². The predicted molar refractivity (Wildman–Crippen MR) is 127 cm³/mol. The molecule has 178 valence electrons. The van der Waals surface area contributed by atoms with E-state index in [1.165, 1.54) is 37.5 Å². The van der Waals surface area contributed by atoms with Crippen LogP contribution in [0.2, 0.25) is 0 Å². The summed E-state index contributed by atoms with van der Waals surface area (Å²) in [5, 5.41) is 2.81. The van der Waals surface area contributed by atoms with E-state index in [1.807, 2.05) is 37.3 Å². The average molecular weight is 483 g/mol. The molecule has 0 radical (unpaired) electrons. The van der Waals surface area contributed by atoms with Crippen molar-refractivity contribution < 1.29 is 27.2 Å². The van der Waals surface area contributed by atoms with Gasteiger partial charge in [-0.1, -0.05) is 42.5 Å². The van der Waals surface area contributed by atoms with Crippen LogP contribution < -0.4 is 10.0 Å². The van der Waals surface area contributed by atoms with Gasteiger partial charge in [0.2, 0.25) is 10.0 Å². The molecule has 2 unspecified atom stereocenters. The van der Waals surface area contributed by atoms with Crippen LogP contribution in [0.25, 0.3) is 6.08 Å². The molecule has 0 fully saturated rings. The first kappa shape index (κ1) is 24.9. The molecule has 1 aromatic heterocycles. The Labute approximate surface area is 198 Å². The maximum atomic E-state index is 12.4. The minimum atomic E-state index is -3.71. The van der Waals surface area contributed by atoms with Gasteiger partial charge in [-0.2, -0.15) is 0 Å². The molecular formula is C25H26N2O6S. The van der Waals surface area contributed by atoms with Gasteiger partial charge in [0, 0.05) is 6.08 Å². The molecule has 34 heavy (non-hydrogen) atoms. The third-order valence-corrected chi connectivity index (χ3v) is 6.36. The maximum absolute atomic E-state index is 12.4. The van der Waals surface area contributed by atoms with Crippen molar-refractivity contribution in [3.63, 3.8) is 0 Å². The lowest BCUT2D eigenvalue weighted by Crippen LogP contribution is -2.37. The summed E-state index contributed by atoms with van der Waals surface area (Å²) in [5.41, 5.74) is 1.53. The normalized spacial score (nSPS) is 13.4. The van der Waals surface area contributed by atoms with Gasteiger partial charge in [-0.15, -0.1) is 0 Å². The van der Waals surface area contributed by atoms with Crippen LogP contribution in [-0.4, -0.2) is 26.4 Å². The summed E-state index contributed by atoms with van der Waals surface area (Å²) in [5.74, 6) is -0.597. The topological polar surface area (TPSA) is 115 Å². The van der Waals surface area contributed by atoms with Crippen LogP contribution in [0.5, 0.6) is 0 Å². The van der Waals surface area contributed by atoms with E-state index in [9.17, 15) is 18.0 Å². The Kier molecular flexibility index (Phi) is 8.39. The highest BCUT2D eigenvalue weighted by Gasteiger charge is 2.19. The molecule has 1 heterocycles. The smallest absolute Gasteiger partial charge is 0.331 e. The lowest BCUT2D eigenvalue weighted by Gasteiger charge is -2.17. The van der Waals surface area contributed by atoms with Gasteiger partial charge >= 0.3 is 5.97 Å². The summed E-state index contributed by atoms with van der Waals surface area (Å²) in [6, 6.07) is 18.5. The van der Waals surface area contributed by atoms with Crippen molar-refractivity contribution in [2.45, 2.75) is 37.4 Å². The minimum absolute atomic E-state index is 0.0404. The second kappa shape index (κ2) is 11.4. The third kappa shape index (κ3) is 7.16. The van der Waals surface area contributed by atoms with Crippen LogP contribution in [0.1, 0.15) is 36.8 Å². The second-order valence-electron chi connectivity index (χ2n) is 7.53. The van der Waals surface area contributed by atoms with Gasteiger partial charge in [-0.05, 0) is 55.3 Å². The molecule has 3 rings (SSSR count). The van der Waals surface area contributed by atoms with Crippen LogP contribution in [0, 0.1) is 0 Å². The first-order valence-corrected chi connectivity index (χ1v) is 12.1. The van der Waals surface area contributed by atoms with Crippen molar-refractivity contribution in [1.29, 1.82) is 0 Å². The van der Waals surface area contributed by atoms with Crippen LogP contribution in [0.4, 0.5) is 0 Å². The van der Waals surface area contributed by atoms with Crippen LogP contribution in [-0.2, 0) is 30.9 Å². The molecule has 2 N–H and O–H groups in total. The zero-order valence-corrected chi connectivity index (χ0v) is 19.6. The zero-order valence-electron chi connectivity index (χ0n) is 18.8. The summed E-state index contributed by atoms with van der Waals surface area (Å²) >= 11 is 0. The summed E-state index contributed by atoms with van der Waals surface area (Å²) in [7, 11) is -3.71. The summed E-state index contributed by atoms with van der Waals surface area (Å²) in [6.45, 7) is 3.38. The number of furan rings is 1. The molecule has 0 saturated carbocycles. The molecule has 3 aromatic rings. The van der Waals surface area contributed by atoms with Gasteiger partial charge in [0.05, 0.1) is 23.7 Å². The summed E-state index contributed by atoms with van der Waals surface area (Å²) in [4.78, 5) is 24.5. The van der Waals surface area contributed by atoms with Gasteiger partial charge in [0.1, 0.15) is 5.76 Å². The molecule has 0 aliphatic carbocycles. The molecule has 9 heteroatoms. The van der Waals surface area contributed by atoms with Crippen LogP contribution >= 0.6 is 0 Å². The van der Waals surface area contributed by atoms with Gasteiger partial charge in [0.25, 0.3) is 5.91 Å². The highest BCUT2D eigenvalue weighted by molar-refractivity contribution is 7.89. The third-order valence-electron chi connectivity index (χ3n) is 4.94. The highest BCUT2D eigenvalue weighted by Crippen LogP contribution is 2.14. The Balaban J connectivity index is 1.50. The lowest BCUT2D eigenvalue weighted by atomic mass is 10.1. The van der Waals surface area contributed by atoms with Gasteiger partial charge in [0.15, 0.2) is 6.10 Å². The van der Waals surface area contributed by atoms with E-state index in [4.69, 9.17) is 9.15 Å². The molecule has 0 aliphatic heterocycles. The number of benzene rings is 2. The van der Waals surface area contributed by atoms with Gasteiger partial charge < -0.3 is 14.5 Å². The minimum Gasteiger partial charge on any atom is -0.468 e. The molecule has 0 bridgehead atoms. The molecule has 2 atom stereocenters. The Hall–Kier alpha value is -3.69. The van der Waals surface area contributed by atoms with Crippen LogP contribution in [0.15, 0.2) is 88.4 Å². The van der Waals surface area contributed by atoms with Crippen LogP contribution in [0.3, 0.4) is 0 Å². The molecule has 2 aromatic carbocycles. The Morgan fingerprint density at radius 1 is 1.00 bits per heavy atom. The second-order valence-corrected chi connectivity index (χ2v) is 9.29. The first-order chi connectivity index (χ1) is 16.2. The van der Waals surface area contributed by atoms with Crippen molar-refractivity contribution in [2.24, 2.45) is 0 Å². The van der Waals surface area contributed by atoms with E-state index in [2.05, 4.69) is 10.0 Å². The fraction of sp³-hybridized carbons (Fsp3) is 0.200.